The van der Waals surface area contributed by atoms with E-state index < -0.39 is 0 Å². The molecule has 0 aliphatic carbocycles. The number of amides is 1. The zero-order chi connectivity index (χ0) is 21.8. The zero-order valence-corrected chi connectivity index (χ0v) is 18.7. The topological polar surface area (TPSA) is 54.3 Å². The second-order valence-corrected chi connectivity index (χ2v) is 8.45. The summed E-state index contributed by atoms with van der Waals surface area (Å²) in [7, 11) is 1.94. The van der Waals surface area contributed by atoms with Crippen LogP contribution in [0, 0.1) is 13.8 Å². The number of hydrogen-bond donors (Lipinski definition) is 0. The largest absolute Gasteiger partial charge is 0.339 e. The number of pyridine rings is 1. The number of carbonyl (C=O) groups is 1. The fraction of sp³-hybridized carbons (Fsp3) is 0.400. The quantitative estimate of drug-likeness (QED) is 0.614. The first-order valence-electron chi connectivity index (χ1n) is 11.0. The molecular weight excluding hydrogens is 386 g/mol. The van der Waals surface area contributed by atoms with E-state index in [4.69, 9.17) is 0 Å². The molecule has 0 saturated carbocycles. The number of rotatable bonds is 6. The lowest BCUT2D eigenvalue weighted by molar-refractivity contribution is 0.0643. The van der Waals surface area contributed by atoms with Gasteiger partial charge in [0.1, 0.15) is 0 Å². The van der Waals surface area contributed by atoms with Gasteiger partial charge >= 0.3 is 0 Å². The number of carbonyl (C=O) groups excluding carboxylic acids is 1. The van der Waals surface area contributed by atoms with E-state index in [-0.39, 0.29) is 11.9 Å². The fourth-order valence-electron chi connectivity index (χ4n) is 4.35. The molecule has 6 heteroatoms. The van der Waals surface area contributed by atoms with Crippen LogP contribution in [-0.4, -0.2) is 63.2 Å². The van der Waals surface area contributed by atoms with Crippen LogP contribution in [-0.2, 0) is 6.42 Å². The Balaban J connectivity index is 1.31. The molecule has 4 rings (SSSR count). The smallest absolute Gasteiger partial charge is 0.253 e. The SMILES string of the molecule is Cc1cc(C)n(-c2ccc(C(=O)N(C)C3CCN(CCc4ccccn4)CC3)cc2)n1. The Kier molecular flexibility index (Phi) is 6.47. The molecule has 1 aliphatic heterocycles. The van der Waals surface area contributed by atoms with Crippen molar-refractivity contribution < 1.29 is 4.79 Å². The molecule has 0 atom stereocenters. The van der Waals surface area contributed by atoms with Gasteiger partial charge in [0.15, 0.2) is 0 Å². The Hall–Kier alpha value is -2.99. The van der Waals surface area contributed by atoms with Crippen LogP contribution in [0.15, 0.2) is 54.7 Å². The average molecular weight is 418 g/mol. The molecule has 1 saturated heterocycles. The second kappa shape index (κ2) is 9.43. The lowest BCUT2D eigenvalue weighted by Crippen LogP contribution is -2.46. The second-order valence-electron chi connectivity index (χ2n) is 8.45. The van der Waals surface area contributed by atoms with Crippen LogP contribution < -0.4 is 0 Å². The molecule has 1 aliphatic rings. The predicted molar refractivity (Wildman–Crippen MR) is 123 cm³/mol. The number of piperidine rings is 1. The maximum absolute atomic E-state index is 13.0. The highest BCUT2D eigenvalue weighted by Crippen LogP contribution is 2.19. The molecule has 1 aromatic carbocycles. The van der Waals surface area contributed by atoms with E-state index in [1.165, 1.54) is 0 Å². The normalized spacial score (nSPS) is 15.2. The Bertz CT molecular complexity index is 1000. The highest BCUT2D eigenvalue weighted by atomic mass is 16.2. The Morgan fingerprint density at radius 2 is 1.84 bits per heavy atom. The molecule has 0 radical (unpaired) electrons. The van der Waals surface area contributed by atoms with Gasteiger partial charge in [-0.15, -0.1) is 0 Å². The van der Waals surface area contributed by atoms with Crippen LogP contribution in [0.3, 0.4) is 0 Å². The van der Waals surface area contributed by atoms with Gasteiger partial charge in [0, 0.05) is 62.3 Å². The number of likely N-dealkylation sites (tertiary alicyclic amines) is 1. The third-order valence-electron chi connectivity index (χ3n) is 6.20. The van der Waals surface area contributed by atoms with Crippen LogP contribution in [0.2, 0.25) is 0 Å². The van der Waals surface area contributed by atoms with E-state index in [0.29, 0.717) is 0 Å². The summed E-state index contributed by atoms with van der Waals surface area (Å²) < 4.78 is 1.91. The molecule has 3 heterocycles. The number of aromatic nitrogens is 3. The molecule has 1 fully saturated rings. The number of aryl methyl sites for hydroxylation is 2. The van der Waals surface area contributed by atoms with Gasteiger partial charge in [-0.25, -0.2) is 4.68 Å². The Morgan fingerprint density at radius 1 is 1.10 bits per heavy atom. The molecule has 162 valence electrons. The minimum atomic E-state index is 0.0897. The summed E-state index contributed by atoms with van der Waals surface area (Å²) in [6.45, 7) is 7.09. The summed E-state index contributed by atoms with van der Waals surface area (Å²) in [6.07, 6.45) is 4.84. The molecule has 1 amide bonds. The van der Waals surface area contributed by atoms with E-state index in [2.05, 4.69) is 27.1 Å². The van der Waals surface area contributed by atoms with Crippen molar-refractivity contribution in [3.8, 4) is 5.69 Å². The van der Waals surface area contributed by atoms with Crippen LogP contribution in [0.25, 0.3) is 5.69 Å². The maximum Gasteiger partial charge on any atom is 0.253 e. The minimum absolute atomic E-state index is 0.0897. The van der Waals surface area contributed by atoms with Crippen molar-refractivity contribution in [1.82, 2.24) is 24.6 Å². The molecule has 31 heavy (non-hydrogen) atoms. The van der Waals surface area contributed by atoms with E-state index >= 15 is 0 Å². The Labute approximate surface area is 184 Å². The first kappa shape index (κ1) is 21.2. The third-order valence-corrected chi connectivity index (χ3v) is 6.20. The van der Waals surface area contributed by atoms with Crippen LogP contribution in [0.5, 0.6) is 0 Å². The van der Waals surface area contributed by atoms with Crippen molar-refractivity contribution in [3.05, 3.63) is 77.4 Å². The zero-order valence-electron chi connectivity index (χ0n) is 18.7. The molecule has 2 aromatic heterocycles. The van der Waals surface area contributed by atoms with Crippen molar-refractivity contribution in [3.63, 3.8) is 0 Å². The van der Waals surface area contributed by atoms with Crippen LogP contribution in [0.4, 0.5) is 0 Å². The van der Waals surface area contributed by atoms with Gasteiger partial charge in [0.05, 0.1) is 11.4 Å². The van der Waals surface area contributed by atoms with Gasteiger partial charge < -0.3 is 9.80 Å². The summed E-state index contributed by atoms with van der Waals surface area (Å²) in [6, 6.07) is 16.2. The van der Waals surface area contributed by atoms with Gasteiger partial charge in [-0.3, -0.25) is 9.78 Å². The average Bonchev–Trinajstić information content (AvgIpc) is 3.15. The first-order valence-corrected chi connectivity index (χ1v) is 11.0. The van der Waals surface area contributed by atoms with E-state index in [0.717, 1.165) is 67.2 Å². The van der Waals surface area contributed by atoms with Crippen molar-refractivity contribution in [1.29, 1.82) is 0 Å². The van der Waals surface area contributed by atoms with Crippen molar-refractivity contribution >= 4 is 5.91 Å². The van der Waals surface area contributed by atoms with Crippen molar-refractivity contribution in [2.75, 3.05) is 26.7 Å². The predicted octanol–water partition coefficient (Wildman–Crippen LogP) is 3.66. The molecule has 6 nitrogen and oxygen atoms in total. The van der Waals surface area contributed by atoms with Gasteiger partial charge in [-0.1, -0.05) is 6.07 Å². The summed E-state index contributed by atoms with van der Waals surface area (Å²) in [5.41, 5.74) is 4.92. The molecule has 0 unspecified atom stereocenters. The minimum Gasteiger partial charge on any atom is -0.339 e. The summed E-state index contributed by atoms with van der Waals surface area (Å²) >= 11 is 0. The van der Waals surface area contributed by atoms with Gasteiger partial charge in [0.25, 0.3) is 5.91 Å². The maximum atomic E-state index is 13.0. The third kappa shape index (κ3) is 5.02. The molecular formula is C25H31N5O. The van der Waals surface area contributed by atoms with Crippen molar-refractivity contribution in [2.45, 2.75) is 39.2 Å². The lowest BCUT2D eigenvalue weighted by atomic mass is 10.0. The molecule has 3 aromatic rings. The Morgan fingerprint density at radius 3 is 2.45 bits per heavy atom. The van der Waals surface area contributed by atoms with E-state index in [1.54, 1.807) is 0 Å². The fourth-order valence-corrected chi connectivity index (χ4v) is 4.35. The van der Waals surface area contributed by atoms with Crippen LogP contribution >= 0.6 is 0 Å². The van der Waals surface area contributed by atoms with Gasteiger partial charge in [-0.2, -0.15) is 5.10 Å². The monoisotopic (exact) mass is 417 g/mol. The standard InChI is InChI=1S/C25H31N5O/c1-19-18-20(2)30(27-19)24-9-7-21(8-10-24)25(31)28(3)23-12-16-29(17-13-23)15-11-22-6-4-5-14-26-22/h4-10,14,18,23H,11-13,15-17H2,1-3H3. The number of nitrogens with zero attached hydrogens (tertiary/aromatic N) is 5. The number of hydrogen-bond acceptors (Lipinski definition) is 4. The van der Waals surface area contributed by atoms with E-state index in [9.17, 15) is 4.79 Å². The summed E-state index contributed by atoms with van der Waals surface area (Å²) in [4.78, 5) is 21.9. The highest BCUT2D eigenvalue weighted by molar-refractivity contribution is 5.94. The summed E-state index contributed by atoms with van der Waals surface area (Å²) in [5, 5.41) is 4.52. The first-order chi connectivity index (χ1) is 15.0. The highest BCUT2D eigenvalue weighted by Gasteiger charge is 2.26. The van der Waals surface area contributed by atoms with Gasteiger partial charge in [-0.05, 0) is 69.2 Å². The number of benzene rings is 1. The summed E-state index contributed by atoms with van der Waals surface area (Å²) in [5.74, 6) is 0.0897. The van der Waals surface area contributed by atoms with Crippen molar-refractivity contribution in [2.24, 2.45) is 0 Å². The molecule has 0 N–H and O–H groups in total. The van der Waals surface area contributed by atoms with Gasteiger partial charge in [0.2, 0.25) is 0 Å². The lowest BCUT2D eigenvalue weighted by Gasteiger charge is -2.36. The van der Waals surface area contributed by atoms with E-state index in [1.807, 2.05) is 73.1 Å². The molecule has 0 bridgehead atoms. The molecule has 0 spiro atoms. The van der Waals surface area contributed by atoms with Crippen LogP contribution in [0.1, 0.15) is 40.3 Å².